The van der Waals surface area contributed by atoms with E-state index in [0.717, 1.165) is 0 Å². The molecular weight excluding hydrogens is 360 g/mol. The van der Waals surface area contributed by atoms with E-state index in [1.54, 1.807) is 12.4 Å². The van der Waals surface area contributed by atoms with Crippen LogP contribution in [0.5, 0.6) is 0 Å². The van der Waals surface area contributed by atoms with Gasteiger partial charge in [0.05, 0.1) is 11.1 Å². The molecule has 2 aromatic heterocycles. The highest BCUT2D eigenvalue weighted by atomic mass is 35.5. The Hall–Kier alpha value is -2.17. The van der Waals surface area contributed by atoms with Gasteiger partial charge in [-0.25, -0.2) is 13.4 Å². The van der Waals surface area contributed by atoms with Crippen LogP contribution in [0.4, 0.5) is 10.9 Å². The van der Waals surface area contributed by atoms with Crippen molar-refractivity contribution in [3.05, 3.63) is 40.5 Å². The van der Waals surface area contributed by atoms with Crippen LogP contribution in [0.25, 0.3) is 0 Å². The number of halogens is 1. The van der Waals surface area contributed by atoms with Gasteiger partial charge in [-0.1, -0.05) is 22.9 Å². The summed E-state index contributed by atoms with van der Waals surface area (Å²) in [6.45, 7) is 1.72. The Morgan fingerprint density at radius 2 is 2.04 bits per heavy atom. The summed E-state index contributed by atoms with van der Waals surface area (Å²) in [5, 5.41) is 18.3. The van der Waals surface area contributed by atoms with E-state index in [-0.39, 0.29) is 15.9 Å². The highest BCUT2D eigenvalue weighted by Crippen LogP contribution is 2.23. The number of rotatable bonds is 4. The zero-order valence-corrected chi connectivity index (χ0v) is 14.0. The zero-order chi connectivity index (χ0) is 16.4. The van der Waals surface area contributed by atoms with Crippen molar-refractivity contribution in [1.29, 1.82) is 0 Å². The molecule has 0 aliphatic heterocycles. The van der Waals surface area contributed by atoms with E-state index in [1.807, 2.05) is 0 Å². The number of anilines is 2. The molecule has 2 heterocycles. The minimum Gasteiger partial charge on any atom is -0.312 e. The topological polar surface area (TPSA) is 111 Å². The average molecular weight is 369 g/mol. The van der Waals surface area contributed by atoms with Crippen molar-refractivity contribution in [2.45, 2.75) is 17.0 Å². The molecule has 1 aromatic carbocycles. The summed E-state index contributed by atoms with van der Waals surface area (Å²) in [6.07, 6.45) is 1.27. The Morgan fingerprint density at radius 3 is 2.65 bits per heavy atom. The van der Waals surface area contributed by atoms with Crippen LogP contribution in [0.1, 0.15) is 5.56 Å². The Bertz CT molecular complexity index is 929. The molecule has 0 atom stereocenters. The molecule has 0 bridgehead atoms. The van der Waals surface area contributed by atoms with Gasteiger partial charge >= 0.3 is 0 Å². The smallest absolute Gasteiger partial charge is 0.272 e. The van der Waals surface area contributed by atoms with Crippen molar-refractivity contribution in [1.82, 2.24) is 25.4 Å². The molecule has 0 spiro atoms. The molecule has 118 valence electrons. The standard InChI is InChI=1S/C12H9ClN6O2S2/c1-7-4-8(2-3-9(7)13)23(20,21)12-14-5-10(17-19-12)16-11-18-15-6-22-11/h2-6H,1H3,(H,16,17,18). The fourth-order valence-corrected chi connectivity index (χ4v) is 3.37. The molecule has 0 unspecified atom stereocenters. The number of benzene rings is 1. The molecular formula is C12H9ClN6O2S2. The Balaban J connectivity index is 1.89. The monoisotopic (exact) mass is 368 g/mol. The molecule has 0 radical (unpaired) electrons. The van der Waals surface area contributed by atoms with E-state index in [9.17, 15) is 8.42 Å². The van der Waals surface area contributed by atoms with E-state index >= 15 is 0 Å². The van der Waals surface area contributed by atoms with Gasteiger partial charge in [0.15, 0.2) is 5.82 Å². The minimum absolute atomic E-state index is 0.0611. The first kappa shape index (κ1) is 15.7. The van der Waals surface area contributed by atoms with Crippen LogP contribution in [0, 0.1) is 6.92 Å². The number of hydrogen-bond donors (Lipinski definition) is 1. The summed E-state index contributed by atoms with van der Waals surface area (Å²) < 4.78 is 25.0. The van der Waals surface area contributed by atoms with Crippen LogP contribution in [0.15, 0.2) is 40.0 Å². The SMILES string of the molecule is Cc1cc(S(=O)(=O)c2ncc(Nc3nncs3)nn2)ccc1Cl. The van der Waals surface area contributed by atoms with Crippen molar-refractivity contribution in [3.8, 4) is 0 Å². The summed E-state index contributed by atoms with van der Waals surface area (Å²) >= 11 is 7.18. The van der Waals surface area contributed by atoms with Gasteiger partial charge in [0.1, 0.15) is 5.51 Å². The fourth-order valence-electron chi connectivity index (χ4n) is 1.67. The summed E-state index contributed by atoms with van der Waals surface area (Å²) in [4.78, 5) is 3.92. The van der Waals surface area contributed by atoms with Crippen LogP contribution >= 0.6 is 22.9 Å². The first-order valence-electron chi connectivity index (χ1n) is 6.21. The van der Waals surface area contributed by atoms with Crippen molar-refractivity contribution in [2.75, 3.05) is 5.32 Å². The van der Waals surface area contributed by atoms with Gasteiger partial charge in [-0.05, 0) is 30.7 Å². The van der Waals surface area contributed by atoms with Crippen molar-refractivity contribution < 1.29 is 8.42 Å². The first-order chi connectivity index (χ1) is 11.0. The van der Waals surface area contributed by atoms with Crippen LogP contribution in [0.3, 0.4) is 0 Å². The van der Waals surface area contributed by atoms with Gasteiger partial charge in [0.2, 0.25) is 15.0 Å². The van der Waals surface area contributed by atoms with Crippen molar-refractivity contribution >= 4 is 43.7 Å². The van der Waals surface area contributed by atoms with Gasteiger partial charge in [-0.2, -0.15) is 0 Å². The van der Waals surface area contributed by atoms with Crippen molar-refractivity contribution in [3.63, 3.8) is 0 Å². The molecule has 23 heavy (non-hydrogen) atoms. The maximum atomic E-state index is 12.5. The molecule has 3 aromatic rings. The van der Waals surface area contributed by atoms with E-state index in [2.05, 4.69) is 30.7 Å². The third-order valence-electron chi connectivity index (χ3n) is 2.82. The highest BCUT2D eigenvalue weighted by molar-refractivity contribution is 7.91. The summed E-state index contributed by atoms with van der Waals surface area (Å²) in [6, 6.07) is 4.39. The third-order valence-corrected chi connectivity index (χ3v) is 5.39. The van der Waals surface area contributed by atoms with Crippen LogP contribution < -0.4 is 5.32 Å². The Morgan fingerprint density at radius 1 is 1.22 bits per heavy atom. The number of aromatic nitrogens is 5. The van der Waals surface area contributed by atoms with Crippen LogP contribution in [-0.4, -0.2) is 33.8 Å². The van der Waals surface area contributed by atoms with E-state index in [0.29, 0.717) is 15.7 Å². The largest absolute Gasteiger partial charge is 0.312 e. The van der Waals surface area contributed by atoms with Crippen molar-refractivity contribution in [2.24, 2.45) is 0 Å². The van der Waals surface area contributed by atoms with Gasteiger partial charge in [-0.3, -0.25) is 0 Å². The quantitative estimate of drug-likeness (QED) is 0.746. The van der Waals surface area contributed by atoms with E-state index < -0.39 is 9.84 Å². The highest BCUT2D eigenvalue weighted by Gasteiger charge is 2.22. The molecule has 0 fully saturated rings. The second kappa shape index (κ2) is 6.14. The number of sulfone groups is 1. The van der Waals surface area contributed by atoms with Gasteiger partial charge in [-0.15, -0.1) is 20.4 Å². The maximum Gasteiger partial charge on any atom is 0.272 e. The molecule has 0 saturated heterocycles. The summed E-state index contributed by atoms with van der Waals surface area (Å²) in [7, 11) is -3.85. The van der Waals surface area contributed by atoms with E-state index in [4.69, 9.17) is 11.6 Å². The molecule has 0 saturated carbocycles. The minimum atomic E-state index is -3.85. The molecule has 1 N–H and O–H groups in total. The Kier molecular flexibility index (Phi) is 4.20. The number of nitrogens with zero attached hydrogens (tertiary/aromatic N) is 5. The second-order valence-corrected chi connectivity index (χ2v) is 7.49. The number of aryl methyl sites for hydroxylation is 1. The lowest BCUT2D eigenvalue weighted by Crippen LogP contribution is -2.09. The summed E-state index contributed by atoms with van der Waals surface area (Å²) in [5.41, 5.74) is 2.19. The van der Waals surface area contributed by atoms with E-state index in [1.165, 1.54) is 35.7 Å². The lowest BCUT2D eigenvalue weighted by molar-refractivity contribution is 0.583. The predicted octanol–water partition coefficient (Wildman–Crippen LogP) is 2.26. The molecule has 3 rings (SSSR count). The molecule has 11 heteroatoms. The third kappa shape index (κ3) is 3.28. The van der Waals surface area contributed by atoms with Crippen LogP contribution in [-0.2, 0) is 9.84 Å². The molecule has 0 aliphatic carbocycles. The first-order valence-corrected chi connectivity index (χ1v) is 8.95. The Labute approximate surface area is 140 Å². The molecule has 0 amide bonds. The molecule has 8 nitrogen and oxygen atoms in total. The lowest BCUT2D eigenvalue weighted by atomic mass is 10.2. The average Bonchev–Trinajstić information content (AvgIpc) is 3.03. The maximum absolute atomic E-state index is 12.5. The van der Waals surface area contributed by atoms with Gasteiger partial charge < -0.3 is 5.32 Å². The number of nitrogens with one attached hydrogen (secondary N) is 1. The number of hydrogen-bond acceptors (Lipinski definition) is 9. The summed E-state index contributed by atoms with van der Waals surface area (Å²) in [5.74, 6) is 0.271. The zero-order valence-electron chi connectivity index (χ0n) is 11.6. The predicted molar refractivity (Wildman–Crippen MR) is 84.7 cm³/mol. The lowest BCUT2D eigenvalue weighted by Gasteiger charge is -2.05. The van der Waals surface area contributed by atoms with Crippen LogP contribution in [0.2, 0.25) is 5.02 Å². The fraction of sp³-hybridized carbons (Fsp3) is 0.0833. The normalized spacial score (nSPS) is 11.4. The second-order valence-electron chi connectivity index (χ2n) is 4.41. The molecule has 0 aliphatic rings. The van der Waals surface area contributed by atoms with Gasteiger partial charge in [0.25, 0.3) is 5.16 Å². The van der Waals surface area contributed by atoms with Gasteiger partial charge in [0, 0.05) is 5.02 Å².